The van der Waals surface area contributed by atoms with E-state index in [1.807, 2.05) is 89.6 Å². The minimum absolute atomic E-state index is 0.122. The van der Waals surface area contributed by atoms with E-state index < -0.39 is 30.4 Å². The Hall–Kier alpha value is -7.27. The first-order chi connectivity index (χ1) is 31.1. The highest BCUT2D eigenvalue weighted by atomic mass is 16.5. The number of nitrogens with one attached hydrogen (secondary N) is 4. The highest BCUT2D eigenvalue weighted by Crippen LogP contribution is 2.35. The normalized spacial score (nSPS) is 17.5. The maximum Gasteiger partial charge on any atom is 0.407 e. The summed E-state index contributed by atoms with van der Waals surface area (Å²) in [7, 11) is 2.75. The van der Waals surface area contributed by atoms with Crippen LogP contribution in [0.15, 0.2) is 104 Å². The van der Waals surface area contributed by atoms with Gasteiger partial charge in [-0.25, -0.2) is 24.5 Å². The summed E-state index contributed by atoms with van der Waals surface area (Å²) in [5, 5.41) is 14.7. The van der Waals surface area contributed by atoms with E-state index in [1.165, 1.54) is 14.2 Å². The number of benzene rings is 3. The minimum atomic E-state index is -1.27. The maximum absolute atomic E-state index is 14.0. The molecule has 0 spiro atoms. The van der Waals surface area contributed by atoms with Gasteiger partial charge in [-0.05, 0) is 60.4 Å². The predicted molar refractivity (Wildman–Crippen MR) is 237 cm³/mol. The molecule has 17 heteroatoms. The molecule has 0 radical (unpaired) electrons. The number of ether oxygens (including phenoxy) is 2. The molecule has 2 saturated heterocycles. The molecule has 332 valence electrons. The van der Waals surface area contributed by atoms with Crippen molar-refractivity contribution in [2.24, 2.45) is 0 Å². The Morgan fingerprint density at radius 1 is 0.750 bits per heavy atom. The molecule has 5 heterocycles. The van der Waals surface area contributed by atoms with Crippen molar-refractivity contribution in [2.75, 3.05) is 27.3 Å². The number of carboxylic acid groups (broad SMARTS) is 1. The van der Waals surface area contributed by atoms with Gasteiger partial charge >= 0.3 is 12.2 Å². The van der Waals surface area contributed by atoms with Gasteiger partial charge in [0, 0.05) is 39.4 Å². The first-order valence-electron chi connectivity index (χ1n) is 21.4. The van der Waals surface area contributed by atoms with E-state index in [2.05, 4.69) is 30.6 Å². The third kappa shape index (κ3) is 9.68. The molecule has 5 N–H and O–H groups in total. The van der Waals surface area contributed by atoms with Gasteiger partial charge in [0.15, 0.2) is 0 Å². The molecule has 5 atom stereocenters. The zero-order chi connectivity index (χ0) is 44.7. The highest BCUT2D eigenvalue weighted by molar-refractivity contribution is 5.87. The van der Waals surface area contributed by atoms with Gasteiger partial charge in [-0.3, -0.25) is 9.59 Å². The molecular formula is C47H52N10O7. The number of aromatic nitrogens is 6. The Morgan fingerprint density at radius 3 is 1.83 bits per heavy atom. The standard InChI is InChI=1S/C47H52N10O7/c1-29(63-2)41(54-47(62)64-3)45(59)57-22-8-12-40(57)43-49-25-38(52-43)34-19-15-32(16-20-34)31-13-17-33(18-14-31)37-24-48-42(51-37)39-11-7-21-56(39)44(58)36(53-46(60)61)23-35-27-55(28-50-35)26-30-9-5-4-6-10-30/h4-6,9-10,13-20,24-25,27-29,36,39-41,53H,7-8,11-12,21-23,26H2,1-3H3,(H,48,51)(H,49,52)(H,54,62)(H,60,61)/t29-,36+,39+,40?,41+/m1/s1. The van der Waals surface area contributed by atoms with Gasteiger partial charge < -0.3 is 49.5 Å². The first kappa shape index (κ1) is 43.4. The fourth-order valence-corrected chi connectivity index (χ4v) is 8.65. The fourth-order valence-electron chi connectivity index (χ4n) is 8.65. The Morgan fingerprint density at radius 2 is 1.30 bits per heavy atom. The molecule has 8 rings (SSSR count). The van der Waals surface area contributed by atoms with Crippen LogP contribution in [0.1, 0.15) is 67.6 Å². The minimum Gasteiger partial charge on any atom is -0.465 e. The molecule has 3 aromatic heterocycles. The molecule has 0 bridgehead atoms. The number of rotatable bonds is 15. The molecule has 1 unspecified atom stereocenters. The SMILES string of the molecule is COC(=O)N[C@H](C(=O)N1CCCC1c1ncc(-c2ccc(-c3ccc(-c4cnc([C@@H]5CCCN5C(=O)[C@H](Cc5cn(Cc6ccccc6)cn5)NC(=O)O)[nH]4)cc3)cc2)[nH]1)[C@@H](C)OC. The third-order valence-corrected chi connectivity index (χ3v) is 12.1. The van der Waals surface area contributed by atoms with Crippen LogP contribution >= 0.6 is 0 Å². The van der Waals surface area contributed by atoms with Crippen molar-refractivity contribution in [3.8, 4) is 33.6 Å². The van der Waals surface area contributed by atoms with Crippen molar-refractivity contribution >= 4 is 24.0 Å². The van der Waals surface area contributed by atoms with Crippen LogP contribution in [0, 0.1) is 0 Å². The topological polar surface area (TPSA) is 213 Å². The van der Waals surface area contributed by atoms with E-state index in [0.717, 1.165) is 58.5 Å². The van der Waals surface area contributed by atoms with Crippen LogP contribution in [0.25, 0.3) is 33.6 Å². The van der Waals surface area contributed by atoms with Crippen LogP contribution in [0.4, 0.5) is 9.59 Å². The van der Waals surface area contributed by atoms with E-state index in [-0.39, 0.29) is 30.3 Å². The molecule has 0 saturated carbocycles. The zero-order valence-electron chi connectivity index (χ0n) is 35.9. The zero-order valence-corrected chi connectivity index (χ0v) is 35.9. The molecular weight excluding hydrogens is 817 g/mol. The lowest BCUT2D eigenvalue weighted by molar-refractivity contribution is -0.137. The predicted octanol–water partition coefficient (Wildman–Crippen LogP) is 6.34. The summed E-state index contributed by atoms with van der Waals surface area (Å²) in [6, 6.07) is 23.7. The number of carbonyl (C=O) groups excluding carboxylic acids is 3. The number of methoxy groups -OCH3 is 2. The van der Waals surface area contributed by atoms with E-state index in [1.54, 1.807) is 35.4 Å². The highest BCUT2D eigenvalue weighted by Gasteiger charge is 2.39. The molecule has 6 aromatic rings. The third-order valence-electron chi connectivity index (χ3n) is 12.1. The second-order valence-corrected chi connectivity index (χ2v) is 16.2. The van der Waals surface area contributed by atoms with Gasteiger partial charge in [-0.15, -0.1) is 0 Å². The number of nitrogens with zero attached hydrogens (tertiary/aromatic N) is 6. The molecule has 2 aliphatic heterocycles. The Labute approximate surface area is 370 Å². The van der Waals surface area contributed by atoms with Gasteiger partial charge in [0.25, 0.3) is 0 Å². The number of alkyl carbamates (subject to hydrolysis) is 1. The van der Waals surface area contributed by atoms with Crippen LogP contribution in [-0.2, 0) is 32.0 Å². The lowest BCUT2D eigenvalue weighted by Crippen LogP contribution is -2.54. The van der Waals surface area contributed by atoms with Crippen molar-refractivity contribution in [3.05, 3.63) is 127 Å². The van der Waals surface area contributed by atoms with Crippen LogP contribution in [0.5, 0.6) is 0 Å². The number of aromatic amines is 2. The quantitative estimate of drug-likeness (QED) is 0.0772. The molecule has 3 aromatic carbocycles. The number of hydrogen-bond acceptors (Lipinski definition) is 9. The fraction of sp³-hybridized carbons (Fsp3) is 0.340. The van der Waals surface area contributed by atoms with E-state index in [0.29, 0.717) is 43.4 Å². The van der Waals surface area contributed by atoms with E-state index in [9.17, 15) is 24.3 Å². The lowest BCUT2D eigenvalue weighted by Gasteiger charge is -2.30. The first-order valence-corrected chi connectivity index (χ1v) is 21.4. The van der Waals surface area contributed by atoms with Crippen LogP contribution in [0.3, 0.4) is 0 Å². The molecule has 64 heavy (non-hydrogen) atoms. The van der Waals surface area contributed by atoms with Crippen molar-refractivity contribution in [1.29, 1.82) is 0 Å². The molecule has 4 amide bonds. The van der Waals surface area contributed by atoms with Crippen molar-refractivity contribution in [3.63, 3.8) is 0 Å². The van der Waals surface area contributed by atoms with Crippen LogP contribution in [0.2, 0.25) is 0 Å². The van der Waals surface area contributed by atoms with Crippen LogP contribution in [-0.4, -0.2) is 114 Å². The van der Waals surface area contributed by atoms with Crippen molar-refractivity contribution < 1.29 is 33.8 Å². The second-order valence-electron chi connectivity index (χ2n) is 16.2. The summed E-state index contributed by atoms with van der Waals surface area (Å²) in [6.07, 6.45) is 7.66. The maximum atomic E-state index is 14.0. The molecule has 2 fully saturated rings. The Bertz CT molecular complexity index is 2550. The second kappa shape index (κ2) is 19.4. The number of amides is 4. The number of carbonyl (C=O) groups is 4. The smallest absolute Gasteiger partial charge is 0.407 e. The van der Waals surface area contributed by atoms with Gasteiger partial charge in [0.05, 0.1) is 61.1 Å². The van der Waals surface area contributed by atoms with Crippen molar-refractivity contribution in [2.45, 2.75) is 75.8 Å². The summed E-state index contributed by atoms with van der Waals surface area (Å²) in [6.45, 7) is 3.36. The average Bonchev–Trinajstić information content (AvgIpc) is 4.18. The summed E-state index contributed by atoms with van der Waals surface area (Å²) >= 11 is 0. The molecule has 2 aliphatic rings. The number of imidazole rings is 3. The summed E-state index contributed by atoms with van der Waals surface area (Å²) in [5.41, 5.74) is 7.28. The summed E-state index contributed by atoms with van der Waals surface area (Å²) in [4.78, 5) is 75.7. The van der Waals surface area contributed by atoms with Gasteiger partial charge in [-0.1, -0.05) is 78.9 Å². The molecule has 0 aliphatic carbocycles. The van der Waals surface area contributed by atoms with E-state index in [4.69, 9.17) is 14.5 Å². The largest absolute Gasteiger partial charge is 0.465 e. The van der Waals surface area contributed by atoms with Crippen LogP contribution < -0.4 is 10.6 Å². The number of likely N-dealkylation sites (tertiary alicyclic amines) is 2. The van der Waals surface area contributed by atoms with Gasteiger partial charge in [0.1, 0.15) is 23.7 Å². The van der Waals surface area contributed by atoms with E-state index >= 15 is 0 Å². The number of hydrogen-bond donors (Lipinski definition) is 5. The lowest BCUT2D eigenvalue weighted by atomic mass is 10.0. The average molecular weight is 869 g/mol. The number of H-pyrrole nitrogens is 2. The summed E-state index contributed by atoms with van der Waals surface area (Å²) < 4.78 is 12.1. The monoisotopic (exact) mass is 868 g/mol. The Kier molecular flexibility index (Phi) is 13.2. The Balaban J connectivity index is 0.900. The molecule has 17 nitrogen and oxygen atoms in total. The van der Waals surface area contributed by atoms with Gasteiger partial charge in [-0.2, -0.15) is 0 Å². The summed E-state index contributed by atoms with van der Waals surface area (Å²) in [5.74, 6) is 0.757. The van der Waals surface area contributed by atoms with Crippen molar-refractivity contribution in [1.82, 2.24) is 49.9 Å². The van der Waals surface area contributed by atoms with Gasteiger partial charge in [0.2, 0.25) is 11.8 Å².